The van der Waals surface area contributed by atoms with Crippen molar-refractivity contribution in [1.82, 2.24) is 9.29 Å². The molecule has 0 aliphatic carbocycles. The summed E-state index contributed by atoms with van der Waals surface area (Å²) in [4.78, 5) is 12.6. The molecule has 2 heterocycles. The van der Waals surface area contributed by atoms with Gasteiger partial charge in [0.15, 0.2) is 11.4 Å². The minimum atomic E-state index is -4.17. The maximum Gasteiger partial charge on any atom is 0.276 e. The Morgan fingerprint density at radius 2 is 2.27 bits per heavy atom. The highest BCUT2D eigenvalue weighted by Crippen LogP contribution is 2.35. The number of carbonyl (C=O) groups is 1. The molecule has 0 unspecified atom stereocenters. The quantitative estimate of drug-likeness (QED) is 0.621. The van der Waals surface area contributed by atoms with Crippen LogP contribution in [0.1, 0.15) is 23.0 Å². The van der Waals surface area contributed by atoms with Crippen LogP contribution in [0, 0.1) is 17.1 Å². The molecule has 3 rings (SSSR count). The second-order valence-corrected chi connectivity index (χ2v) is 8.51. The van der Waals surface area contributed by atoms with Crippen LogP contribution in [-0.2, 0) is 17.1 Å². The fraction of sp³-hybridized carbons (Fsp3) is 0.263. The van der Waals surface area contributed by atoms with E-state index in [9.17, 15) is 22.7 Å². The number of hydrogen-bond donors (Lipinski definition) is 3. The minimum absolute atomic E-state index is 0.108. The Kier molecular flexibility index (Phi) is 5.42. The number of aryl methyl sites for hydroxylation is 1. The highest BCUT2D eigenvalue weighted by molar-refractivity contribution is 7.89. The molecule has 9 nitrogen and oxygen atoms in total. The highest BCUT2D eigenvalue weighted by atomic mass is 32.2. The molecule has 0 saturated heterocycles. The Balaban J connectivity index is 2.03. The summed E-state index contributed by atoms with van der Waals surface area (Å²) in [6.45, 7) is 4.66. The van der Waals surface area contributed by atoms with Gasteiger partial charge in [-0.05, 0) is 25.1 Å². The van der Waals surface area contributed by atoms with E-state index < -0.39 is 33.4 Å². The Morgan fingerprint density at radius 1 is 1.57 bits per heavy atom. The number of benzene rings is 1. The molecule has 1 aromatic heterocycles. The zero-order valence-electron chi connectivity index (χ0n) is 16.1. The lowest BCUT2D eigenvalue weighted by molar-refractivity contribution is 0.0822. The van der Waals surface area contributed by atoms with Crippen molar-refractivity contribution in [2.75, 3.05) is 11.9 Å². The number of anilines is 1. The third-order valence-corrected chi connectivity index (χ3v) is 6.36. The number of sulfonamides is 1. The van der Waals surface area contributed by atoms with Crippen LogP contribution < -0.4 is 14.8 Å². The van der Waals surface area contributed by atoms with Gasteiger partial charge in [0.2, 0.25) is 10.0 Å². The monoisotopic (exact) mass is 434 g/mol. The lowest BCUT2D eigenvalue weighted by Crippen LogP contribution is -2.56. The summed E-state index contributed by atoms with van der Waals surface area (Å²) < 4.78 is 48.6. The molecular weight excluding hydrogens is 415 g/mol. The van der Waals surface area contributed by atoms with Gasteiger partial charge in [-0.1, -0.05) is 6.08 Å². The summed E-state index contributed by atoms with van der Waals surface area (Å²) in [5.74, 6) is -1.66. The predicted molar refractivity (Wildman–Crippen MR) is 105 cm³/mol. The van der Waals surface area contributed by atoms with Crippen LogP contribution in [0.4, 0.5) is 10.1 Å². The number of fused-ring (bicyclic) bond motifs is 1. The lowest BCUT2D eigenvalue weighted by atomic mass is 9.96. The first-order chi connectivity index (χ1) is 14.0. The SMILES string of the molecule is C=C[C@@]1([C@H](C)O)COc2c(cn(C)c2C(=O)Nc2ccc(F)c(C#N)c2)S(=O)(=O)N1. The fourth-order valence-electron chi connectivity index (χ4n) is 3.05. The number of nitriles is 1. The number of carbonyl (C=O) groups excluding carboxylic acids is 1. The Morgan fingerprint density at radius 3 is 2.87 bits per heavy atom. The van der Waals surface area contributed by atoms with E-state index in [0.717, 1.165) is 12.1 Å². The summed E-state index contributed by atoms with van der Waals surface area (Å²) in [6.07, 6.45) is 1.28. The van der Waals surface area contributed by atoms with Crippen molar-refractivity contribution in [2.24, 2.45) is 7.05 Å². The number of rotatable bonds is 4. The van der Waals surface area contributed by atoms with Gasteiger partial charge in [0.25, 0.3) is 5.91 Å². The van der Waals surface area contributed by atoms with Gasteiger partial charge in [-0.3, -0.25) is 4.79 Å². The molecule has 1 aliphatic heterocycles. The van der Waals surface area contributed by atoms with E-state index in [1.807, 2.05) is 0 Å². The number of nitrogens with zero attached hydrogens (tertiary/aromatic N) is 2. The minimum Gasteiger partial charge on any atom is -0.487 e. The van der Waals surface area contributed by atoms with Gasteiger partial charge in [0.1, 0.15) is 28.9 Å². The third kappa shape index (κ3) is 3.56. The fourth-order valence-corrected chi connectivity index (χ4v) is 4.67. The largest absolute Gasteiger partial charge is 0.487 e. The molecule has 3 N–H and O–H groups in total. The van der Waals surface area contributed by atoms with Crippen molar-refractivity contribution in [3.8, 4) is 11.8 Å². The maximum atomic E-state index is 13.5. The number of aromatic nitrogens is 1. The first-order valence-electron chi connectivity index (χ1n) is 8.73. The van der Waals surface area contributed by atoms with Crippen LogP contribution in [0.2, 0.25) is 0 Å². The highest BCUT2D eigenvalue weighted by Gasteiger charge is 2.44. The molecule has 11 heteroatoms. The average molecular weight is 434 g/mol. The normalized spacial score (nSPS) is 20.8. The molecule has 0 bridgehead atoms. The topological polar surface area (TPSA) is 133 Å². The standard InChI is InChI=1S/C19H19FN4O5S/c1-4-19(11(2)25)10-29-17-15(30(27,28)23-19)9-24(3)16(17)18(26)22-13-5-6-14(20)12(7-13)8-21/h4-7,9,11,23,25H,1,10H2,2-3H3,(H,22,26)/t11-,19-/m0/s1. The molecule has 1 aromatic carbocycles. The van der Waals surface area contributed by atoms with E-state index in [-0.39, 0.29) is 34.2 Å². The molecule has 0 saturated carbocycles. The molecular formula is C19H19FN4O5S. The van der Waals surface area contributed by atoms with Gasteiger partial charge in [0, 0.05) is 18.9 Å². The molecule has 1 aliphatic rings. The predicted octanol–water partition coefficient (Wildman–Crippen LogP) is 1.26. The number of aliphatic hydroxyl groups excluding tert-OH is 1. The summed E-state index contributed by atoms with van der Waals surface area (Å²) in [5.41, 5.74) is -1.71. The van der Waals surface area contributed by atoms with Crippen molar-refractivity contribution in [3.63, 3.8) is 0 Å². The maximum absolute atomic E-state index is 13.5. The van der Waals surface area contributed by atoms with Gasteiger partial charge in [-0.2, -0.15) is 9.98 Å². The second-order valence-electron chi connectivity index (χ2n) is 6.86. The van der Waals surface area contributed by atoms with Crippen LogP contribution in [0.5, 0.6) is 5.75 Å². The number of ether oxygens (including phenoxy) is 1. The number of aliphatic hydroxyl groups is 1. The number of halogens is 1. The number of nitrogens with one attached hydrogen (secondary N) is 2. The Labute approximate surface area is 172 Å². The smallest absolute Gasteiger partial charge is 0.276 e. The van der Waals surface area contributed by atoms with Crippen molar-refractivity contribution in [1.29, 1.82) is 5.26 Å². The molecule has 0 fully saturated rings. The molecule has 2 aromatic rings. The van der Waals surface area contributed by atoms with E-state index in [1.54, 1.807) is 6.07 Å². The van der Waals surface area contributed by atoms with E-state index >= 15 is 0 Å². The zero-order valence-corrected chi connectivity index (χ0v) is 17.0. The van der Waals surface area contributed by atoms with E-state index in [1.165, 1.54) is 36.9 Å². The van der Waals surface area contributed by atoms with Gasteiger partial charge >= 0.3 is 0 Å². The lowest BCUT2D eigenvalue weighted by Gasteiger charge is -2.31. The van der Waals surface area contributed by atoms with Crippen molar-refractivity contribution in [2.45, 2.75) is 23.5 Å². The molecule has 30 heavy (non-hydrogen) atoms. The van der Waals surface area contributed by atoms with Gasteiger partial charge in [-0.15, -0.1) is 6.58 Å². The Hall–Kier alpha value is -3.20. The van der Waals surface area contributed by atoms with Crippen LogP contribution in [0.3, 0.4) is 0 Å². The van der Waals surface area contributed by atoms with Gasteiger partial charge < -0.3 is 19.7 Å². The third-order valence-electron chi connectivity index (χ3n) is 4.84. The molecule has 0 spiro atoms. The van der Waals surface area contributed by atoms with Crippen LogP contribution in [0.25, 0.3) is 0 Å². The summed E-state index contributed by atoms with van der Waals surface area (Å²) in [7, 11) is -2.71. The number of hydrogen-bond acceptors (Lipinski definition) is 6. The second kappa shape index (κ2) is 7.56. The molecule has 1 amide bonds. The zero-order chi connectivity index (χ0) is 22.3. The first-order valence-corrected chi connectivity index (χ1v) is 10.2. The summed E-state index contributed by atoms with van der Waals surface area (Å²) in [5, 5.41) is 21.5. The summed E-state index contributed by atoms with van der Waals surface area (Å²) >= 11 is 0. The molecule has 158 valence electrons. The van der Waals surface area contributed by atoms with Gasteiger partial charge in [0.05, 0.1) is 11.7 Å². The van der Waals surface area contributed by atoms with Crippen molar-refractivity contribution in [3.05, 3.63) is 54.1 Å². The number of amides is 1. The Bertz CT molecular complexity index is 1180. The summed E-state index contributed by atoms with van der Waals surface area (Å²) in [6, 6.07) is 5.13. The van der Waals surface area contributed by atoms with E-state index in [0.29, 0.717) is 0 Å². The molecule has 2 atom stereocenters. The van der Waals surface area contributed by atoms with Crippen molar-refractivity contribution < 1.29 is 27.4 Å². The van der Waals surface area contributed by atoms with Gasteiger partial charge in [-0.25, -0.2) is 12.8 Å². The van der Waals surface area contributed by atoms with Crippen LogP contribution in [0.15, 0.2) is 41.9 Å². The van der Waals surface area contributed by atoms with E-state index in [2.05, 4.69) is 16.6 Å². The van der Waals surface area contributed by atoms with Crippen LogP contribution >= 0.6 is 0 Å². The average Bonchev–Trinajstić information content (AvgIpc) is 2.98. The first kappa shape index (κ1) is 21.5. The molecule has 0 radical (unpaired) electrons. The van der Waals surface area contributed by atoms with Crippen molar-refractivity contribution >= 4 is 21.6 Å². The van der Waals surface area contributed by atoms with Crippen LogP contribution in [-0.4, -0.2) is 42.2 Å². The van der Waals surface area contributed by atoms with E-state index in [4.69, 9.17) is 10.00 Å².